The molecule has 0 N–H and O–H groups in total. The summed E-state index contributed by atoms with van der Waals surface area (Å²) >= 11 is 0. The highest BCUT2D eigenvalue weighted by molar-refractivity contribution is 5.33. The fourth-order valence-electron chi connectivity index (χ4n) is 1.47. The van der Waals surface area contributed by atoms with E-state index < -0.39 is 0 Å². The van der Waals surface area contributed by atoms with E-state index in [1.165, 1.54) is 19.0 Å². The molecule has 0 spiro atoms. The fraction of sp³-hybridized carbons (Fsp3) is 0.667. The molecule has 0 aromatic heterocycles. The highest BCUT2D eigenvalue weighted by Gasteiger charge is 2.15. The molecule has 3 nitrogen and oxygen atoms in total. The van der Waals surface area contributed by atoms with Crippen LogP contribution >= 0.6 is 0 Å². The summed E-state index contributed by atoms with van der Waals surface area (Å²) in [5, 5.41) is 0. The third kappa shape index (κ3) is 2.99. The van der Waals surface area contributed by atoms with Crippen molar-refractivity contribution in [3.05, 3.63) is 12.2 Å². The summed E-state index contributed by atoms with van der Waals surface area (Å²) in [7, 11) is 2.12. The van der Waals surface area contributed by atoms with Crippen LogP contribution in [0.5, 0.6) is 0 Å². The van der Waals surface area contributed by atoms with Crippen LogP contribution in [0.2, 0.25) is 0 Å². The van der Waals surface area contributed by atoms with Crippen molar-refractivity contribution < 1.29 is 4.79 Å². The van der Waals surface area contributed by atoms with Crippen molar-refractivity contribution in [1.29, 1.82) is 0 Å². The van der Waals surface area contributed by atoms with Gasteiger partial charge in [-0.25, -0.2) is 9.79 Å². The van der Waals surface area contributed by atoms with Crippen molar-refractivity contribution in [1.82, 2.24) is 4.90 Å². The fourth-order valence-corrected chi connectivity index (χ4v) is 1.47. The Labute approximate surface area is 72.8 Å². The zero-order valence-corrected chi connectivity index (χ0v) is 7.36. The largest absolute Gasteiger partial charge is 0.306 e. The highest BCUT2D eigenvalue weighted by atomic mass is 16.1. The van der Waals surface area contributed by atoms with Gasteiger partial charge in [0, 0.05) is 6.54 Å². The summed E-state index contributed by atoms with van der Waals surface area (Å²) in [4.78, 5) is 15.5. The molecule has 1 fully saturated rings. The third-order valence-electron chi connectivity index (χ3n) is 2.10. The first kappa shape index (κ1) is 9.17. The van der Waals surface area contributed by atoms with Gasteiger partial charge in [0.15, 0.2) is 0 Å². The Morgan fingerprint density at radius 3 is 3.17 bits per heavy atom. The maximum atomic E-state index is 9.72. The number of isocyanates is 1. The summed E-state index contributed by atoms with van der Waals surface area (Å²) < 4.78 is 0. The number of rotatable bonds is 3. The minimum atomic E-state index is 0.476. The summed E-state index contributed by atoms with van der Waals surface area (Å²) in [5.74, 6) is 0.650. The zero-order chi connectivity index (χ0) is 8.81. The number of nitrogens with zero attached hydrogens (tertiary/aromatic N) is 2. The Bertz CT molecular complexity index is 207. The molecule has 1 aliphatic heterocycles. The Balaban J connectivity index is 2.22. The maximum Gasteiger partial charge on any atom is 0.235 e. The van der Waals surface area contributed by atoms with Gasteiger partial charge in [0.05, 0.1) is 6.54 Å². The van der Waals surface area contributed by atoms with E-state index in [2.05, 4.69) is 23.0 Å². The highest BCUT2D eigenvalue weighted by Crippen LogP contribution is 2.14. The normalized spacial score (nSPS) is 24.6. The van der Waals surface area contributed by atoms with Crippen molar-refractivity contribution in [2.45, 2.75) is 6.42 Å². The lowest BCUT2D eigenvalue weighted by Crippen LogP contribution is -2.13. The van der Waals surface area contributed by atoms with E-state index in [0.29, 0.717) is 12.5 Å². The molecule has 12 heavy (non-hydrogen) atoms. The first-order valence-corrected chi connectivity index (χ1v) is 4.22. The van der Waals surface area contributed by atoms with E-state index in [1.54, 1.807) is 0 Å². The van der Waals surface area contributed by atoms with Crippen LogP contribution in [0, 0.1) is 5.92 Å². The maximum absolute atomic E-state index is 9.72. The SMILES string of the molecule is CN1CCC(/C=C\CN=C=O)C1. The van der Waals surface area contributed by atoms with Crippen molar-refractivity contribution in [2.75, 3.05) is 26.7 Å². The first-order chi connectivity index (χ1) is 5.83. The number of aliphatic imine (C=N–C) groups is 1. The van der Waals surface area contributed by atoms with E-state index in [1.807, 2.05) is 6.08 Å². The molecule has 1 unspecified atom stereocenters. The molecule has 0 aromatic rings. The van der Waals surface area contributed by atoms with Crippen LogP contribution in [0.25, 0.3) is 0 Å². The van der Waals surface area contributed by atoms with Gasteiger partial charge in [-0.05, 0) is 25.9 Å². The molecule has 1 atom stereocenters. The van der Waals surface area contributed by atoms with Crippen LogP contribution in [-0.2, 0) is 4.79 Å². The molecule has 1 saturated heterocycles. The zero-order valence-electron chi connectivity index (χ0n) is 7.36. The van der Waals surface area contributed by atoms with E-state index in [0.717, 1.165) is 6.54 Å². The Morgan fingerprint density at radius 2 is 2.58 bits per heavy atom. The van der Waals surface area contributed by atoms with Crippen LogP contribution in [0.4, 0.5) is 0 Å². The lowest BCUT2D eigenvalue weighted by molar-refractivity contribution is 0.408. The Kier molecular flexibility index (Phi) is 3.71. The molecular weight excluding hydrogens is 152 g/mol. The van der Waals surface area contributed by atoms with Crippen LogP contribution in [0.1, 0.15) is 6.42 Å². The second kappa shape index (κ2) is 4.86. The molecule has 66 valence electrons. The molecule has 0 aliphatic carbocycles. The van der Waals surface area contributed by atoms with Crippen molar-refractivity contribution in [2.24, 2.45) is 10.9 Å². The molecular formula is C9H14N2O. The molecule has 0 saturated carbocycles. The quantitative estimate of drug-likeness (QED) is 0.353. The lowest BCUT2D eigenvalue weighted by atomic mass is 10.1. The van der Waals surface area contributed by atoms with Crippen molar-refractivity contribution in [3.63, 3.8) is 0 Å². The molecule has 0 aromatic carbocycles. The summed E-state index contributed by atoms with van der Waals surface area (Å²) in [6.07, 6.45) is 6.82. The average molecular weight is 166 g/mol. The van der Waals surface area contributed by atoms with Crippen molar-refractivity contribution in [3.8, 4) is 0 Å². The molecule has 1 rings (SSSR count). The Hall–Kier alpha value is -0.920. The van der Waals surface area contributed by atoms with Gasteiger partial charge in [0.1, 0.15) is 0 Å². The predicted molar refractivity (Wildman–Crippen MR) is 47.7 cm³/mol. The smallest absolute Gasteiger partial charge is 0.235 e. The minimum absolute atomic E-state index is 0.476. The van der Waals surface area contributed by atoms with Gasteiger partial charge in [-0.15, -0.1) is 0 Å². The van der Waals surface area contributed by atoms with Crippen molar-refractivity contribution >= 4 is 6.08 Å². The lowest BCUT2D eigenvalue weighted by Gasteiger charge is -2.04. The molecule has 0 bridgehead atoms. The predicted octanol–water partition coefficient (Wildman–Crippen LogP) is 0.830. The molecule has 3 heteroatoms. The van der Waals surface area contributed by atoms with E-state index in [-0.39, 0.29) is 0 Å². The van der Waals surface area contributed by atoms with Crippen LogP contribution in [0.15, 0.2) is 17.1 Å². The first-order valence-electron chi connectivity index (χ1n) is 4.22. The summed E-state index contributed by atoms with van der Waals surface area (Å²) in [5.41, 5.74) is 0. The topological polar surface area (TPSA) is 32.7 Å². The van der Waals surface area contributed by atoms with Gasteiger partial charge in [-0.2, -0.15) is 0 Å². The number of hydrogen-bond acceptors (Lipinski definition) is 3. The standard InChI is InChI=1S/C9H14N2O/c1-11-6-4-9(7-11)3-2-5-10-8-12/h2-3,9H,4-7H2,1H3/b3-2-. The minimum Gasteiger partial charge on any atom is -0.306 e. The van der Waals surface area contributed by atoms with Gasteiger partial charge in [-0.1, -0.05) is 12.2 Å². The van der Waals surface area contributed by atoms with E-state index in [9.17, 15) is 4.79 Å². The molecule has 0 radical (unpaired) electrons. The van der Waals surface area contributed by atoms with Gasteiger partial charge in [-0.3, -0.25) is 0 Å². The summed E-state index contributed by atoms with van der Waals surface area (Å²) in [6.45, 7) is 2.77. The molecule has 1 aliphatic rings. The third-order valence-corrected chi connectivity index (χ3v) is 2.10. The second-order valence-corrected chi connectivity index (χ2v) is 3.17. The number of likely N-dealkylation sites (tertiary alicyclic amines) is 1. The van der Waals surface area contributed by atoms with Gasteiger partial charge >= 0.3 is 0 Å². The summed E-state index contributed by atoms with van der Waals surface area (Å²) in [6, 6.07) is 0. The number of carbonyl (C=O) groups excluding carboxylic acids is 1. The molecule has 1 heterocycles. The average Bonchev–Trinajstić information content (AvgIpc) is 2.45. The number of hydrogen-bond donors (Lipinski definition) is 0. The van der Waals surface area contributed by atoms with Gasteiger partial charge in [0.25, 0.3) is 0 Å². The van der Waals surface area contributed by atoms with Gasteiger partial charge in [0.2, 0.25) is 6.08 Å². The molecule has 0 amide bonds. The second-order valence-electron chi connectivity index (χ2n) is 3.17. The van der Waals surface area contributed by atoms with E-state index >= 15 is 0 Å². The Morgan fingerprint density at radius 1 is 1.75 bits per heavy atom. The van der Waals surface area contributed by atoms with Gasteiger partial charge < -0.3 is 4.90 Å². The van der Waals surface area contributed by atoms with E-state index in [4.69, 9.17) is 0 Å². The van der Waals surface area contributed by atoms with Crippen LogP contribution in [0.3, 0.4) is 0 Å². The monoisotopic (exact) mass is 166 g/mol. The van der Waals surface area contributed by atoms with Crippen LogP contribution < -0.4 is 0 Å². The van der Waals surface area contributed by atoms with Crippen LogP contribution in [-0.4, -0.2) is 37.7 Å².